The van der Waals surface area contributed by atoms with Gasteiger partial charge in [0, 0.05) is 19.0 Å². The van der Waals surface area contributed by atoms with Crippen LogP contribution in [0.5, 0.6) is 0 Å². The molecule has 2 rings (SSSR count). The molecule has 11 heteroatoms. The minimum atomic E-state index is -4.68. The lowest BCUT2D eigenvalue weighted by Gasteiger charge is -2.10. The molecule has 0 saturated heterocycles. The van der Waals surface area contributed by atoms with Gasteiger partial charge in [0.25, 0.3) is 5.69 Å². The topological polar surface area (TPSA) is 110 Å². The molecule has 1 aromatic heterocycles. The third-order valence-corrected chi connectivity index (χ3v) is 3.70. The van der Waals surface area contributed by atoms with Gasteiger partial charge in [-0.15, -0.1) is 0 Å². The molecule has 2 aromatic rings. The van der Waals surface area contributed by atoms with Crippen LogP contribution >= 0.6 is 0 Å². The van der Waals surface area contributed by atoms with Crippen LogP contribution in [0.4, 0.5) is 24.5 Å². The molecule has 0 spiro atoms. The molecular weight excluding hydrogens is 369 g/mol. The van der Waals surface area contributed by atoms with E-state index in [2.05, 4.69) is 15.6 Å². The van der Waals surface area contributed by atoms with Gasteiger partial charge in [0.05, 0.1) is 22.7 Å². The van der Waals surface area contributed by atoms with Gasteiger partial charge in [0.1, 0.15) is 11.4 Å². The minimum absolute atomic E-state index is 0.00166. The Morgan fingerprint density at radius 3 is 2.59 bits per heavy atom. The van der Waals surface area contributed by atoms with Gasteiger partial charge >= 0.3 is 6.18 Å². The zero-order chi connectivity index (χ0) is 20.2. The van der Waals surface area contributed by atoms with Gasteiger partial charge in [-0.2, -0.15) is 13.2 Å². The Labute approximate surface area is 151 Å². The van der Waals surface area contributed by atoms with E-state index in [0.717, 1.165) is 17.8 Å². The van der Waals surface area contributed by atoms with Crippen LogP contribution in [0.2, 0.25) is 0 Å². The van der Waals surface area contributed by atoms with Gasteiger partial charge in [0.15, 0.2) is 0 Å². The molecule has 1 aromatic carbocycles. The van der Waals surface area contributed by atoms with Gasteiger partial charge in [-0.25, -0.2) is 4.98 Å². The fourth-order valence-corrected chi connectivity index (χ4v) is 2.20. The predicted molar refractivity (Wildman–Crippen MR) is 89.0 cm³/mol. The number of aryl methyl sites for hydroxylation is 2. The van der Waals surface area contributed by atoms with Crippen molar-refractivity contribution in [3.8, 4) is 0 Å². The lowest BCUT2D eigenvalue weighted by atomic mass is 10.1. The van der Waals surface area contributed by atoms with Crippen LogP contribution in [0.25, 0.3) is 0 Å². The maximum absolute atomic E-state index is 12.7. The molecule has 0 aliphatic rings. The Hall–Kier alpha value is -3.11. The standard InChI is InChI=1S/C16H17F3N4O4/c1-9-10(2)27-15(22-9)8-21-14(24)5-6-20-12-4-3-11(16(17,18)19)7-13(12)23(25)26/h3-4,7,20H,5-6,8H2,1-2H3,(H,21,24). The molecule has 0 bridgehead atoms. The first-order chi connectivity index (χ1) is 12.6. The summed E-state index contributed by atoms with van der Waals surface area (Å²) in [7, 11) is 0. The highest BCUT2D eigenvalue weighted by molar-refractivity contribution is 5.76. The summed E-state index contributed by atoms with van der Waals surface area (Å²) in [6, 6.07) is 2.16. The van der Waals surface area contributed by atoms with E-state index >= 15 is 0 Å². The molecule has 27 heavy (non-hydrogen) atoms. The van der Waals surface area contributed by atoms with Crippen molar-refractivity contribution in [2.75, 3.05) is 11.9 Å². The van der Waals surface area contributed by atoms with Gasteiger partial charge in [0.2, 0.25) is 11.8 Å². The molecular formula is C16H17F3N4O4. The zero-order valence-corrected chi connectivity index (χ0v) is 14.5. The monoisotopic (exact) mass is 386 g/mol. The van der Waals surface area contributed by atoms with E-state index in [-0.39, 0.29) is 31.1 Å². The number of nitro groups is 1. The van der Waals surface area contributed by atoms with E-state index < -0.39 is 22.4 Å². The Morgan fingerprint density at radius 2 is 2.04 bits per heavy atom. The van der Waals surface area contributed by atoms with Crippen molar-refractivity contribution in [1.82, 2.24) is 10.3 Å². The number of amides is 1. The molecule has 8 nitrogen and oxygen atoms in total. The average Bonchev–Trinajstić information content (AvgIpc) is 2.90. The summed E-state index contributed by atoms with van der Waals surface area (Å²) in [5.74, 6) is 0.630. The van der Waals surface area contributed by atoms with Crippen molar-refractivity contribution in [3.05, 3.63) is 51.2 Å². The predicted octanol–water partition coefficient (Wildman–Crippen LogP) is 3.34. The number of nitrogens with one attached hydrogen (secondary N) is 2. The van der Waals surface area contributed by atoms with Crippen molar-refractivity contribution >= 4 is 17.3 Å². The van der Waals surface area contributed by atoms with Crippen LogP contribution in [-0.2, 0) is 17.5 Å². The number of nitrogens with zero attached hydrogens (tertiary/aromatic N) is 2. The number of nitro benzene ring substituents is 1. The molecule has 0 aliphatic heterocycles. The molecule has 0 atom stereocenters. The molecule has 1 heterocycles. The zero-order valence-electron chi connectivity index (χ0n) is 14.5. The van der Waals surface area contributed by atoms with Gasteiger partial charge in [-0.1, -0.05) is 0 Å². The highest BCUT2D eigenvalue weighted by Gasteiger charge is 2.33. The van der Waals surface area contributed by atoms with Crippen LogP contribution in [0, 0.1) is 24.0 Å². The Kier molecular flexibility index (Phi) is 6.03. The second kappa shape index (κ2) is 8.06. The van der Waals surface area contributed by atoms with E-state index in [1.54, 1.807) is 13.8 Å². The fraction of sp³-hybridized carbons (Fsp3) is 0.375. The molecule has 0 unspecified atom stereocenters. The van der Waals surface area contributed by atoms with E-state index in [4.69, 9.17) is 4.42 Å². The minimum Gasteiger partial charge on any atom is -0.444 e. The fourth-order valence-electron chi connectivity index (χ4n) is 2.20. The average molecular weight is 386 g/mol. The summed E-state index contributed by atoms with van der Waals surface area (Å²) < 4.78 is 43.3. The summed E-state index contributed by atoms with van der Waals surface area (Å²) >= 11 is 0. The van der Waals surface area contributed by atoms with Gasteiger partial charge < -0.3 is 15.1 Å². The summed E-state index contributed by atoms with van der Waals surface area (Å²) in [4.78, 5) is 26.0. The second-order valence-corrected chi connectivity index (χ2v) is 5.69. The van der Waals surface area contributed by atoms with E-state index in [0.29, 0.717) is 17.7 Å². The molecule has 0 radical (unpaired) electrons. The molecule has 0 saturated carbocycles. The smallest absolute Gasteiger partial charge is 0.416 e. The summed E-state index contributed by atoms with van der Waals surface area (Å²) in [6.07, 6.45) is -4.73. The lowest BCUT2D eigenvalue weighted by Crippen LogP contribution is -2.25. The number of aromatic nitrogens is 1. The number of hydrogen-bond acceptors (Lipinski definition) is 6. The number of anilines is 1. The molecule has 2 N–H and O–H groups in total. The first kappa shape index (κ1) is 20.2. The van der Waals surface area contributed by atoms with Gasteiger partial charge in [-0.3, -0.25) is 14.9 Å². The van der Waals surface area contributed by atoms with Crippen LogP contribution in [0.1, 0.15) is 29.3 Å². The van der Waals surface area contributed by atoms with Crippen LogP contribution < -0.4 is 10.6 Å². The van der Waals surface area contributed by atoms with Crippen LogP contribution in [0.3, 0.4) is 0 Å². The molecule has 0 aliphatic carbocycles. The number of hydrogen-bond donors (Lipinski definition) is 2. The number of halogens is 3. The summed E-state index contributed by atoms with van der Waals surface area (Å²) in [6.45, 7) is 3.61. The van der Waals surface area contributed by atoms with Crippen molar-refractivity contribution < 1.29 is 27.3 Å². The van der Waals surface area contributed by atoms with Gasteiger partial charge in [-0.05, 0) is 26.0 Å². The van der Waals surface area contributed by atoms with Crippen molar-refractivity contribution in [1.29, 1.82) is 0 Å². The third-order valence-electron chi connectivity index (χ3n) is 3.70. The first-order valence-electron chi connectivity index (χ1n) is 7.87. The number of alkyl halides is 3. The van der Waals surface area contributed by atoms with E-state index in [9.17, 15) is 28.1 Å². The molecule has 146 valence electrons. The summed E-state index contributed by atoms with van der Waals surface area (Å²) in [5, 5.41) is 16.2. The highest BCUT2D eigenvalue weighted by atomic mass is 19.4. The SMILES string of the molecule is Cc1nc(CNC(=O)CCNc2ccc(C(F)(F)F)cc2[N+](=O)[O-])oc1C. The number of carbonyl (C=O) groups excluding carboxylic acids is 1. The van der Waals surface area contributed by atoms with Crippen molar-refractivity contribution in [3.63, 3.8) is 0 Å². The Morgan fingerprint density at radius 1 is 1.33 bits per heavy atom. The number of oxazole rings is 1. The van der Waals surface area contributed by atoms with Crippen LogP contribution in [-0.4, -0.2) is 22.4 Å². The van der Waals surface area contributed by atoms with E-state index in [1.807, 2.05) is 0 Å². The van der Waals surface area contributed by atoms with E-state index in [1.165, 1.54) is 0 Å². The van der Waals surface area contributed by atoms with Crippen molar-refractivity contribution in [2.45, 2.75) is 33.0 Å². The maximum Gasteiger partial charge on any atom is 0.416 e. The first-order valence-corrected chi connectivity index (χ1v) is 7.87. The Bertz CT molecular complexity index is 829. The highest BCUT2D eigenvalue weighted by Crippen LogP contribution is 2.34. The maximum atomic E-state index is 12.7. The largest absolute Gasteiger partial charge is 0.444 e. The lowest BCUT2D eigenvalue weighted by molar-refractivity contribution is -0.384. The molecule has 1 amide bonds. The third kappa shape index (κ3) is 5.43. The number of benzene rings is 1. The van der Waals surface area contributed by atoms with Crippen LogP contribution in [0.15, 0.2) is 22.6 Å². The number of carbonyl (C=O) groups is 1. The normalized spacial score (nSPS) is 11.3. The second-order valence-electron chi connectivity index (χ2n) is 5.69. The number of rotatable bonds is 7. The summed E-state index contributed by atoms with van der Waals surface area (Å²) in [5.41, 5.74) is -1.21. The quantitative estimate of drug-likeness (QED) is 0.558. The molecule has 0 fully saturated rings. The van der Waals surface area contributed by atoms with Crippen molar-refractivity contribution in [2.24, 2.45) is 0 Å². The Balaban J connectivity index is 1.90.